The first-order chi connectivity index (χ1) is 8.65. The number of β-amino-alcohol motifs (C(OH)–C–C–N with tert-alkyl or cyclic N) is 1. The maximum atomic E-state index is 9.44. The van der Waals surface area contributed by atoms with E-state index in [1.807, 2.05) is 6.92 Å². The van der Waals surface area contributed by atoms with Gasteiger partial charge >= 0.3 is 0 Å². The van der Waals surface area contributed by atoms with Gasteiger partial charge in [0.25, 0.3) is 0 Å². The van der Waals surface area contributed by atoms with Gasteiger partial charge < -0.3 is 5.11 Å². The van der Waals surface area contributed by atoms with E-state index < -0.39 is 0 Å². The highest BCUT2D eigenvalue weighted by Crippen LogP contribution is 2.13. The lowest BCUT2D eigenvalue weighted by Gasteiger charge is -2.40. The van der Waals surface area contributed by atoms with Crippen molar-refractivity contribution in [3.63, 3.8) is 0 Å². The first-order valence-corrected chi connectivity index (χ1v) is 6.83. The highest BCUT2D eigenvalue weighted by molar-refractivity contribution is 5.14. The Kier molecular flexibility index (Phi) is 4.75. The van der Waals surface area contributed by atoms with Crippen molar-refractivity contribution in [2.75, 3.05) is 26.2 Å². The van der Waals surface area contributed by atoms with Crippen LogP contribution in [0.4, 0.5) is 0 Å². The van der Waals surface area contributed by atoms with Gasteiger partial charge in [-0.1, -0.05) is 30.3 Å². The molecule has 1 aliphatic rings. The molecule has 0 aliphatic carbocycles. The van der Waals surface area contributed by atoms with Crippen LogP contribution in [-0.2, 0) is 6.54 Å². The summed E-state index contributed by atoms with van der Waals surface area (Å²) in [5.74, 6) is 0. The van der Waals surface area contributed by atoms with Crippen molar-refractivity contribution >= 4 is 0 Å². The molecule has 1 saturated heterocycles. The second kappa shape index (κ2) is 6.32. The lowest BCUT2D eigenvalue weighted by atomic mass is 10.1. The van der Waals surface area contributed by atoms with Crippen LogP contribution in [-0.4, -0.2) is 53.2 Å². The second-order valence-electron chi connectivity index (χ2n) is 5.41. The summed E-state index contributed by atoms with van der Waals surface area (Å²) < 4.78 is 0. The number of rotatable bonds is 4. The number of piperazine rings is 1. The Bertz CT molecular complexity index is 353. The van der Waals surface area contributed by atoms with E-state index in [0.29, 0.717) is 6.04 Å². The molecule has 1 fully saturated rings. The van der Waals surface area contributed by atoms with Crippen molar-refractivity contribution in [2.24, 2.45) is 0 Å². The topological polar surface area (TPSA) is 26.7 Å². The van der Waals surface area contributed by atoms with Crippen molar-refractivity contribution in [3.8, 4) is 0 Å². The molecule has 1 aliphatic heterocycles. The fraction of sp³-hybridized carbons (Fsp3) is 0.600. The van der Waals surface area contributed by atoms with Crippen LogP contribution in [0.1, 0.15) is 19.4 Å². The summed E-state index contributed by atoms with van der Waals surface area (Å²) in [6, 6.07) is 11.2. The minimum atomic E-state index is -0.224. The zero-order valence-electron chi connectivity index (χ0n) is 11.4. The first-order valence-electron chi connectivity index (χ1n) is 6.83. The average Bonchev–Trinajstić information content (AvgIpc) is 2.33. The SMILES string of the molecule is CC1CN(C[C@@H](C)O)CCN1Cc1ccccc1. The monoisotopic (exact) mass is 248 g/mol. The van der Waals surface area contributed by atoms with E-state index in [9.17, 15) is 5.11 Å². The van der Waals surface area contributed by atoms with Gasteiger partial charge in [0.05, 0.1) is 6.10 Å². The Labute approximate surface area is 110 Å². The summed E-state index contributed by atoms with van der Waals surface area (Å²) in [6.45, 7) is 9.16. The molecule has 18 heavy (non-hydrogen) atoms. The molecule has 1 heterocycles. The summed E-state index contributed by atoms with van der Waals surface area (Å²) in [6.07, 6.45) is -0.224. The maximum absolute atomic E-state index is 9.44. The second-order valence-corrected chi connectivity index (χ2v) is 5.41. The van der Waals surface area contributed by atoms with Crippen LogP contribution in [0.25, 0.3) is 0 Å². The normalized spacial score (nSPS) is 24.1. The standard InChI is InChI=1S/C15H24N2O/c1-13-10-16(11-14(2)18)8-9-17(13)12-15-6-4-3-5-7-15/h3-7,13-14,18H,8-12H2,1-2H3/t13?,14-/m1/s1. The number of benzene rings is 1. The van der Waals surface area contributed by atoms with E-state index in [0.717, 1.165) is 32.7 Å². The molecule has 1 unspecified atom stereocenters. The lowest BCUT2D eigenvalue weighted by Crippen LogP contribution is -2.52. The molecular weight excluding hydrogens is 224 g/mol. The van der Waals surface area contributed by atoms with Gasteiger partial charge in [-0.2, -0.15) is 0 Å². The molecule has 1 aromatic rings. The molecule has 0 spiro atoms. The summed E-state index contributed by atoms with van der Waals surface area (Å²) in [5.41, 5.74) is 1.38. The molecule has 1 N–H and O–H groups in total. The fourth-order valence-corrected chi connectivity index (χ4v) is 2.66. The van der Waals surface area contributed by atoms with Gasteiger partial charge in [0.2, 0.25) is 0 Å². The predicted octanol–water partition coefficient (Wildman–Crippen LogP) is 1.57. The third-order valence-corrected chi connectivity index (χ3v) is 3.60. The predicted molar refractivity (Wildman–Crippen MR) is 74.4 cm³/mol. The van der Waals surface area contributed by atoms with Crippen LogP contribution in [0.5, 0.6) is 0 Å². The molecular formula is C15H24N2O. The number of aliphatic hydroxyl groups excluding tert-OH is 1. The summed E-state index contributed by atoms with van der Waals surface area (Å²) in [5, 5.41) is 9.44. The van der Waals surface area contributed by atoms with Gasteiger partial charge in [-0.15, -0.1) is 0 Å². The zero-order chi connectivity index (χ0) is 13.0. The van der Waals surface area contributed by atoms with Crippen molar-refractivity contribution in [1.82, 2.24) is 9.80 Å². The Morgan fingerprint density at radius 2 is 2.00 bits per heavy atom. The minimum Gasteiger partial charge on any atom is -0.392 e. The van der Waals surface area contributed by atoms with Gasteiger partial charge in [0, 0.05) is 38.8 Å². The van der Waals surface area contributed by atoms with Crippen molar-refractivity contribution < 1.29 is 5.11 Å². The third-order valence-electron chi connectivity index (χ3n) is 3.60. The van der Waals surface area contributed by atoms with Gasteiger partial charge in [-0.3, -0.25) is 9.80 Å². The minimum absolute atomic E-state index is 0.224. The molecule has 100 valence electrons. The van der Waals surface area contributed by atoms with E-state index in [1.165, 1.54) is 5.56 Å². The van der Waals surface area contributed by atoms with Crippen LogP contribution < -0.4 is 0 Å². The summed E-state index contributed by atoms with van der Waals surface area (Å²) in [4.78, 5) is 4.88. The lowest BCUT2D eigenvalue weighted by molar-refractivity contribution is 0.0472. The van der Waals surface area contributed by atoms with Crippen LogP contribution >= 0.6 is 0 Å². The molecule has 0 saturated carbocycles. The highest BCUT2D eigenvalue weighted by atomic mass is 16.3. The van der Waals surface area contributed by atoms with Crippen LogP contribution in [0.15, 0.2) is 30.3 Å². The molecule has 3 nitrogen and oxygen atoms in total. The van der Waals surface area contributed by atoms with Crippen LogP contribution in [0, 0.1) is 0 Å². The molecule has 0 radical (unpaired) electrons. The van der Waals surface area contributed by atoms with E-state index in [2.05, 4.69) is 47.1 Å². The van der Waals surface area contributed by atoms with E-state index >= 15 is 0 Å². The van der Waals surface area contributed by atoms with E-state index in [1.54, 1.807) is 0 Å². The zero-order valence-corrected chi connectivity index (χ0v) is 11.4. The molecule has 2 rings (SSSR count). The summed E-state index contributed by atoms with van der Waals surface area (Å²) >= 11 is 0. The molecule has 0 amide bonds. The number of hydrogen-bond acceptors (Lipinski definition) is 3. The van der Waals surface area contributed by atoms with E-state index in [-0.39, 0.29) is 6.10 Å². The molecule has 3 heteroatoms. The van der Waals surface area contributed by atoms with Crippen molar-refractivity contribution in [1.29, 1.82) is 0 Å². The fourth-order valence-electron chi connectivity index (χ4n) is 2.66. The number of hydrogen-bond donors (Lipinski definition) is 1. The Morgan fingerprint density at radius 1 is 1.28 bits per heavy atom. The van der Waals surface area contributed by atoms with Gasteiger partial charge in [-0.05, 0) is 19.4 Å². The molecule has 0 bridgehead atoms. The molecule has 1 aromatic carbocycles. The van der Waals surface area contributed by atoms with Crippen LogP contribution in [0.2, 0.25) is 0 Å². The Hall–Kier alpha value is -0.900. The largest absolute Gasteiger partial charge is 0.392 e. The number of aliphatic hydroxyl groups is 1. The molecule has 0 aromatic heterocycles. The number of nitrogens with zero attached hydrogens (tertiary/aromatic N) is 2. The quantitative estimate of drug-likeness (QED) is 0.876. The first kappa shape index (κ1) is 13.5. The maximum Gasteiger partial charge on any atom is 0.0639 e. The Balaban J connectivity index is 1.86. The van der Waals surface area contributed by atoms with Crippen molar-refractivity contribution in [2.45, 2.75) is 32.5 Å². The smallest absolute Gasteiger partial charge is 0.0639 e. The third kappa shape index (κ3) is 3.80. The van der Waals surface area contributed by atoms with Crippen molar-refractivity contribution in [3.05, 3.63) is 35.9 Å². The molecule has 2 atom stereocenters. The summed E-state index contributed by atoms with van der Waals surface area (Å²) in [7, 11) is 0. The van der Waals surface area contributed by atoms with E-state index in [4.69, 9.17) is 0 Å². The van der Waals surface area contributed by atoms with Gasteiger partial charge in [-0.25, -0.2) is 0 Å². The van der Waals surface area contributed by atoms with Crippen LogP contribution in [0.3, 0.4) is 0 Å². The van der Waals surface area contributed by atoms with Gasteiger partial charge in [0.15, 0.2) is 0 Å². The highest BCUT2D eigenvalue weighted by Gasteiger charge is 2.23. The average molecular weight is 248 g/mol. The Morgan fingerprint density at radius 3 is 2.61 bits per heavy atom. The van der Waals surface area contributed by atoms with Gasteiger partial charge in [0.1, 0.15) is 0 Å².